The maximum atomic E-state index is 11.8. The van der Waals surface area contributed by atoms with Gasteiger partial charge in [0.1, 0.15) is 0 Å². The van der Waals surface area contributed by atoms with Crippen molar-refractivity contribution in [3.05, 3.63) is 35.9 Å². The Hall–Kier alpha value is -0.620. The summed E-state index contributed by atoms with van der Waals surface area (Å²) in [7, 11) is -3.20. The molecule has 6 heteroatoms. The molecule has 1 aromatic carbocycles. The third kappa shape index (κ3) is 5.91. The van der Waals surface area contributed by atoms with Crippen molar-refractivity contribution in [2.45, 2.75) is 31.1 Å². The third-order valence-corrected chi connectivity index (χ3v) is 4.53. The van der Waals surface area contributed by atoms with Gasteiger partial charge in [0.25, 0.3) is 0 Å². The van der Waals surface area contributed by atoms with Gasteiger partial charge in [-0.15, -0.1) is 12.4 Å². The molecule has 0 radical (unpaired) electrons. The Morgan fingerprint density at radius 3 is 2.63 bits per heavy atom. The first-order valence-corrected chi connectivity index (χ1v) is 8.05. The van der Waals surface area contributed by atoms with E-state index in [0.29, 0.717) is 12.6 Å². The zero-order valence-electron chi connectivity index (χ0n) is 10.8. The van der Waals surface area contributed by atoms with Gasteiger partial charge in [-0.2, -0.15) is 0 Å². The van der Waals surface area contributed by atoms with Crippen LogP contribution in [0.15, 0.2) is 30.3 Å². The van der Waals surface area contributed by atoms with Crippen LogP contribution in [0.25, 0.3) is 0 Å². The van der Waals surface area contributed by atoms with Crippen molar-refractivity contribution in [3.8, 4) is 0 Å². The predicted octanol–water partition coefficient (Wildman–Crippen LogP) is 1.67. The van der Waals surface area contributed by atoms with Gasteiger partial charge in [-0.25, -0.2) is 13.1 Å². The summed E-state index contributed by atoms with van der Waals surface area (Å²) in [5.41, 5.74) is 0.823. The van der Waals surface area contributed by atoms with Crippen LogP contribution < -0.4 is 10.0 Å². The standard InChI is InChI=1S/C13H20N2O2S.ClH/c16-18(17,11-12-5-2-1-3-6-12)15-10-8-13-7-4-9-14-13;/h1-3,5-6,13-15H,4,7-11H2;1H/t13-;/m1./s1. The Morgan fingerprint density at radius 1 is 1.26 bits per heavy atom. The van der Waals surface area contributed by atoms with Gasteiger partial charge >= 0.3 is 0 Å². The van der Waals surface area contributed by atoms with Gasteiger partial charge in [0.05, 0.1) is 5.75 Å². The molecule has 1 aromatic rings. The highest BCUT2D eigenvalue weighted by Crippen LogP contribution is 2.08. The van der Waals surface area contributed by atoms with Crippen molar-refractivity contribution in [3.63, 3.8) is 0 Å². The Morgan fingerprint density at radius 2 is 2.00 bits per heavy atom. The molecule has 1 atom stereocenters. The number of benzene rings is 1. The molecule has 2 rings (SSSR count). The van der Waals surface area contributed by atoms with Crippen LogP contribution >= 0.6 is 12.4 Å². The number of halogens is 1. The van der Waals surface area contributed by atoms with E-state index in [-0.39, 0.29) is 18.2 Å². The minimum absolute atomic E-state index is 0. The van der Waals surface area contributed by atoms with Gasteiger partial charge in [0.15, 0.2) is 0 Å². The van der Waals surface area contributed by atoms with E-state index in [9.17, 15) is 8.42 Å². The first-order chi connectivity index (χ1) is 8.66. The largest absolute Gasteiger partial charge is 0.314 e. The van der Waals surface area contributed by atoms with E-state index in [1.807, 2.05) is 30.3 Å². The van der Waals surface area contributed by atoms with Crippen LogP contribution in [-0.4, -0.2) is 27.5 Å². The number of hydrogen-bond donors (Lipinski definition) is 2. The molecule has 0 spiro atoms. The fourth-order valence-electron chi connectivity index (χ4n) is 2.24. The molecule has 0 saturated carbocycles. The van der Waals surface area contributed by atoms with Gasteiger partial charge in [0.2, 0.25) is 10.0 Å². The highest BCUT2D eigenvalue weighted by atomic mass is 35.5. The lowest BCUT2D eigenvalue weighted by atomic mass is 10.2. The topological polar surface area (TPSA) is 58.2 Å². The molecule has 4 nitrogen and oxygen atoms in total. The van der Waals surface area contributed by atoms with Crippen molar-refractivity contribution in [1.82, 2.24) is 10.0 Å². The number of nitrogens with one attached hydrogen (secondary N) is 2. The molecule has 0 aromatic heterocycles. The van der Waals surface area contributed by atoms with Gasteiger partial charge in [-0.05, 0) is 31.4 Å². The minimum Gasteiger partial charge on any atom is -0.314 e. The Bertz CT molecular complexity index is 459. The van der Waals surface area contributed by atoms with Crippen molar-refractivity contribution in [2.75, 3.05) is 13.1 Å². The fourth-order valence-corrected chi connectivity index (χ4v) is 3.40. The molecule has 19 heavy (non-hydrogen) atoms. The molecule has 0 aliphatic carbocycles. The highest BCUT2D eigenvalue weighted by molar-refractivity contribution is 7.88. The van der Waals surface area contributed by atoms with Crippen molar-refractivity contribution in [2.24, 2.45) is 0 Å². The average Bonchev–Trinajstić information content (AvgIpc) is 2.82. The second-order valence-electron chi connectivity index (χ2n) is 4.72. The Balaban J connectivity index is 0.00000180. The number of hydrogen-bond acceptors (Lipinski definition) is 3. The van der Waals surface area contributed by atoms with E-state index in [1.165, 1.54) is 6.42 Å². The molecular weight excluding hydrogens is 284 g/mol. The van der Waals surface area contributed by atoms with E-state index in [2.05, 4.69) is 10.0 Å². The van der Waals surface area contributed by atoms with E-state index < -0.39 is 10.0 Å². The summed E-state index contributed by atoms with van der Waals surface area (Å²) < 4.78 is 26.4. The first kappa shape index (κ1) is 16.4. The lowest BCUT2D eigenvalue weighted by Gasteiger charge is -2.11. The summed E-state index contributed by atoms with van der Waals surface area (Å²) in [5.74, 6) is 0.0614. The van der Waals surface area contributed by atoms with Crippen LogP contribution in [0.5, 0.6) is 0 Å². The summed E-state index contributed by atoms with van der Waals surface area (Å²) in [4.78, 5) is 0. The summed E-state index contributed by atoms with van der Waals surface area (Å²) >= 11 is 0. The zero-order chi connectivity index (χ0) is 12.8. The third-order valence-electron chi connectivity index (χ3n) is 3.18. The monoisotopic (exact) mass is 304 g/mol. The lowest BCUT2D eigenvalue weighted by molar-refractivity contribution is 0.539. The van der Waals surface area contributed by atoms with Crippen LogP contribution in [0.1, 0.15) is 24.8 Å². The summed E-state index contributed by atoms with van der Waals surface area (Å²) in [6.45, 7) is 1.58. The lowest BCUT2D eigenvalue weighted by Crippen LogP contribution is -2.31. The molecule has 108 valence electrons. The molecule has 1 fully saturated rings. The van der Waals surface area contributed by atoms with Crippen LogP contribution in [0.4, 0.5) is 0 Å². The van der Waals surface area contributed by atoms with Crippen molar-refractivity contribution in [1.29, 1.82) is 0 Å². The second-order valence-corrected chi connectivity index (χ2v) is 6.53. The van der Waals surface area contributed by atoms with Crippen LogP contribution in [0.3, 0.4) is 0 Å². The van der Waals surface area contributed by atoms with Gasteiger partial charge < -0.3 is 5.32 Å². The predicted molar refractivity (Wildman–Crippen MR) is 80.0 cm³/mol. The molecule has 1 aliphatic heterocycles. The van der Waals surface area contributed by atoms with E-state index >= 15 is 0 Å². The average molecular weight is 305 g/mol. The molecule has 0 bridgehead atoms. The summed E-state index contributed by atoms with van der Waals surface area (Å²) in [6, 6.07) is 9.73. The summed E-state index contributed by atoms with van der Waals surface area (Å²) in [6.07, 6.45) is 3.22. The zero-order valence-corrected chi connectivity index (χ0v) is 12.5. The van der Waals surface area contributed by atoms with Crippen LogP contribution in [0, 0.1) is 0 Å². The SMILES string of the molecule is Cl.O=S(=O)(Cc1ccccc1)NCC[C@H]1CCCN1. The van der Waals surface area contributed by atoms with Gasteiger partial charge in [-0.3, -0.25) is 0 Å². The normalized spacial score (nSPS) is 19.1. The summed E-state index contributed by atoms with van der Waals surface area (Å²) in [5, 5.41) is 3.36. The van der Waals surface area contributed by atoms with Gasteiger partial charge in [0, 0.05) is 12.6 Å². The maximum Gasteiger partial charge on any atom is 0.215 e. The Labute approximate surface area is 121 Å². The molecule has 1 saturated heterocycles. The molecular formula is C13H21ClN2O2S. The van der Waals surface area contributed by atoms with E-state index in [4.69, 9.17) is 0 Å². The van der Waals surface area contributed by atoms with Crippen LogP contribution in [0.2, 0.25) is 0 Å². The number of sulfonamides is 1. The molecule has 0 amide bonds. The fraction of sp³-hybridized carbons (Fsp3) is 0.538. The van der Waals surface area contributed by atoms with E-state index in [0.717, 1.165) is 24.9 Å². The molecule has 2 N–H and O–H groups in total. The quantitative estimate of drug-likeness (QED) is 0.840. The maximum absolute atomic E-state index is 11.8. The smallest absolute Gasteiger partial charge is 0.215 e. The second kappa shape index (κ2) is 7.85. The minimum atomic E-state index is -3.20. The molecule has 0 unspecified atom stereocenters. The van der Waals surface area contributed by atoms with Crippen LogP contribution in [-0.2, 0) is 15.8 Å². The number of rotatable bonds is 6. The molecule has 1 heterocycles. The van der Waals surface area contributed by atoms with Crippen molar-refractivity contribution < 1.29 is 8.42 Å². The van der Waals surface area contributed by atoms with Gasteiger partial charge in [-0.1, -0.05) is 30.3 Å². The Kier molecular flexibility index (Phi) is 6.79. The first-order valence-electron chi connectivity index (χ1n) is 6.40. The molecule has 1 aliphatic rings. The van der Waals surface area contributed by atoms with Crippen molar-refractivity contribution >= 4 is 22.4 Å². The van der Waals surface area contributed by atoms with E-state index in [1.54, 1.807) is 0 Å². The highest BCUT2D eigenvalue weighted by Gasteiger charge is 2.15.